The van der Waals surface area contributed by atoms with Gasteiger partial charge in [-0.25, -0.2) is 4.39 Å². The Kier molecular flexibility index (Phi) is 4.23. The quantitative estimate of drug-likeness (QED) is 0.755. The average Bonchev–Trinajstić information content (AvgIpc) is 3.06. The third-order valence-electron chi connectivity index (χ3n) is 4.69. The number of rotatable bonds is 5. The van der Waals surface area contributed by atoms with Crippen LogP contribution in [-0.4, -0.2) is 11.3 Å². The zero-order valence-corrected chi connectivity index (χ0v) is 12.5. The molecule has 1 amide bonds. The molecule has 1 fully saturated rings. The molecule has 0 saturated heterocycles. The van der Waals surface area contributed by atoms with E-state index in [1.54, 1.807) is 12.1 Å². The van der Waals surface area contributed by atoms with E-state index in [9.17, 15) is 9.18 Å². The van der Waals surface area contributed by atoms with E-state index < -0.39 is 0 Å². The maximum absolute atomic E-state index is 13.1. The van der Waals surface area contributed by atoms with Gasteiger partial charge in [-0.1, -0.05) is 55.3 Å². The summed E-state index contributed by atoms with van der Waals surface area (Å²) in [4.78, 5) is 13.7. The number of nitrogens with zero attached hydrogens (tertiary/aromatic N) is 1. The van der Waals surface area contributed by atoms with Crippen LogP contribution in [0.15, 0.2) is 54.6 Å². The predicted molar refractivity (Wildman–Crippen MR) is 84.6 cm³/mol. The van der Waals surface area contributed by atoms with Gasteiger partial charge in [-0.2, -0.15) is 0 Å². The lowest BCUT2D eigenvalue weighted by Gasteiger charge is -2.39. The topological polar surface area (TPSA) is 20.3 Å². The third kappa shape index (κ3) is 2.76. The van der Waals surface area contributed by atoms with Crippen LogP contribution in [0, 0.1) is 5.82 Å². The van der Waals surface area contributed by atoms with Gasteiger partial charge < -0.3 is 4.90 Å². The number of benzene rings is 2. The zero-order chi connectivity index (χ0) is 15.4. The second-order valence-corrected chi connectivity index (χ2v) is 5.96. The molecule has 2 nitrogen and oxygen atoms in total. The highest BCUT2D eigenvalue weighted by Gasteiger charge is 2.40. The molecule has 3 rings (SSSR count). The Balaban J connectivity index is 1.92. The van der Waals surface area contributed by atoms with Crippen molar-refractivity contribution in [1.82, 2.24) is 4.90 Å². The molecule has 2 aromatic carbocycles. The number of halogens is 1. The number of hydrogen-bond donors (Lipinski definition) is 0. The molecule has 0 bridgehead atoms. The number of carbonyl (C=O) groups excluding carboxylic acids is 1. The van der Waals surface area contributed by atoms with Gasteiger partial charge >= 0.3 is 0 Å². The number of carbonyl (C=O) groups is 1. The highest BCUT2D eigenvalue weighted by atomic mass is 19.1. The maximum atomic E-state index is 13.1. The molecule has 0 radical (unpaired) electrons. The number of hydrogen-bond acceptors (Lipinski definition) is 1. The molecule has 1 aliphatic carbocycles. The summed E-state index contributed by atoms with van der Waals surface area (Å²) in [6.45, 7) is 0.513. The van der Waals surface area contributed by atoms with Gasteiger partial charge in [0.15, 0.2) is 0 Å². The molecule has 0 unspecified atom stereocenters. The average molecular weight is 297 g/mol. The molecule has 3 heteroatoms. The SMILES string of the molecule is O=CN(Cc1ccc(F)cc1)C1(c2ccccc2)CCCC1. The van der Waals surface area contributed by atoms with E-state index in [-0.39, 0.29) is 11.4 Å². The van der Waals surface area contributed by atoms with Crippen molar-refractivity contribution in [3.05, 3.63) is 71.5 Å². The Labute approximate surface area is 130 Å². The van der Waals surface area contributed by atoms with E-state index in [2.05, 4.69) is 12.1 Å². The van der Waals surface area contributed by atoms with E-state index in [4.69, 9.17) is 0 Å². The summed E-state index contributed by atoms with van der Waals surface area (Å²) in [5.74, 6) is -0.250. The van der Waals surface area contributed by atoms with Gasteiger partial charge in [0.1, 0.15) is 5.82 Å². The monoisotopic (exact) mass is 297 g/mol. The minimum atomic E-state index is -0.250. The van der Waals surface area contributed by atoms with Crippen molar-refractivity contribution < 1.29 is 9.18 Å². The molecule has 0 atom stereocenters. The summed E-state index contributed by atoms with van der Waals surface area (Å²) in [5, 5.41) is 0. The van der Waals surface area contributed by atoms with Crippen molar-refractivity contribution in [2.24, 2.45) is 0 Å². The first-order chi connectivity index (χ1) is 10.7. The van der Waals surface area contributed by atoms with E-state index in [1.807, 2.05) is 23.1 Å². The molecule has 1 aliphatic rings. The first-order valence-corrected chi connectivity index (χ1v) is 7.77. The normalized spacial score (nSPS) is 16.4. The molecular weight excluding hydrogens is 277 g/mol. The van der Waals surface area contributed by atoms with Gasteiger partial charge in [0.2, 0.25) is 6.41 Å². The van der Waals surface area contributed by atoms with Gasteiger partial charge in [0.25, 0.3) is 0 Å². The van der Waals surface area contributed by atoms with E-state index in [0.717, 1.165) is 37.7 Å². The van der Waals surface area contributed by atoms with Crippen LogP contribution in [0.5, 0.6) is 0 Å². The fraction of sp³-hybridized carbons (Fsp3) is 0.316. The molecule has 114 valence electrons. The van der Waals surface area contributed by atoms with Crippen LogP contribution >= 0.6 is 0 Å². The fourth-order valence-corrected chi connectivity index (χ4v) is 3.53. The van der Waals surface area contributed by atoms with Crippen LogP contribution in [0.4, 0.5) is 4.39 Å². The van der Waals surface area contributed by atoms with E-state index in [1.165, 1.54) is 17.7 Å². The molecule has 0 heterocycles. The largest absolute Gasteiger partial charge is 0.331 e. The minimum Gasteiger partial charge on any atom is -0.331 e. The maximum Gasteiger partial charge on any atom is 0.210 e. The van der Waals surface area contributed by atoms with Crippen molar-refractivity contribution in [2.45, 2.75) is 37.8 Å². The van der Waals surface area contributed by atoms with Gasteiger partial charge in [0.05, 0.1) is 5.54 Å². The van der Waals surface area contributed by atoms with Crippen molar-refractivity contribution in [1.29, 1.82) is 0 Å². The highest BCUT2D eigenvalue weighted by Crippen LogP contribution is 2.43. The molecule has 22 heavy (non-hydrogen) atoms. The smallest absolute Gasteiger partial charge is 0.210 e. The lowest BCUT2D eigenvalue weighted by Crippen LogP contribution is -2.42. The molecule has 2 aromatic rings. The fourth-order valence-electron chi connectivity index (χ4n) is 3.53. The first-order valence-electron chi connectivity index (χ1n) is 7.77. The van der Waals surface area contributed by atoms with Crippen molar-refractivity contribution in [3.63, 3.8) is 0 Å². The van der Waals surface area contributed by atoms with Crippen LogP contribution in [-0.2, 0) is 16.9 Å². The summed E-state index contributed by atoms with van der Waals surface area (Å²) >= 11 is 0. The highest BCUT2D eigenvalue weighted by molar-refractivity contribution is 5.51. The summed E-state index contributed by atoms with van der Waals surface area (Å²) in [5.41, 5.74) is 1.93. The summed E-state index contributed by atoms with van der Waals surface area (Å²) in [7, 11) is 0. The second-order valence-electron chi connectivity index (χ2n) is 5.96. The van der Waals surface area contributed by atoms with Gasteiger partial charge in [-0.3, -0.25) is 4.79 Å². The molecular formula is C19H20FNO. The van der Waals surface area contributed by atoms with Crippen LogP contribution < -0.4 is 0 Å². The van der Waals surface area contributed by atoms with E-state index in [0.29, 0.717) is 6.54 Å². The lowest BCUT2D eigenvalue weighted by molar-refractivity contribution is -0.125. The Morgan fingerprint density at radius 3 is 2.23 bits per heavy atom. The Hall–Kier alpha value is -2.16. The predicted octanol–water partition coefficient (Wildman–Crippen LogP) is 4.25. The van der Waals surface area contributed by atoms with Crippen LogP contribution in [0.1, 0.15) is 36.8 Å². The van der Waals surface area contributed by atoms with Crippen molar-refractivity contribution in [2.75, 3.05) is 0 Å². The Bertz CT molecular complexity index is 618. The standard InChI is InChI=1S/C19H20FNO/c20-18-10-8-16(9-11-18)14-21(15-22)19(12-4-5-13-19)17-6-2-1-3-7-17/h1-3,6-11,15H,4-5,12-14H2. The second kappa shape index (κ2) is 6.30. The van der Waals surface area contributed by atoms with Gasteiger partial charge in [-0.15, -0.1) is 0 Å². The third-order valence-corrected chi connectivity index (χ3v) is 4.69. The molecule has 0 aliphatic heterocycles. The van der Waals surface area contributed by atoms with Crippen LogP contribution in [0.25, 0.3) is 0 Å². The molecule has 0 aromatic heterocycles. The molecule has 0 spiro atoms. The van der Waals surface area contributed by atoms with Crippen LogP contribution in [0.3, 0.4) is 0 Å². The van der Waals surface area contributed by atoms with Crippen molar-refractivity contribution in [3.8, 4) is 0 Å². The minimum absolute atomic E-state index is 0.225. The Morgan fingerprint density at radius 2 is 1.64 bits per heavy atom. The first kappa shape index (κ1) is 14.8. The van der Waals surface area contributed by atoms with Gasteiger partial charge in [-0.05, 0) is 36.1 Å². The van der Waals surface area contributed by atoms with Crippen LogP contribution in [0.2, 0.25) is 0 Å². The summed E-state index contributed by atoms with van der Waals surface area (Å²) in [6, 6.07) is 16.6. The molecule has 1 saturated carbocycles. The van der Waals surface area contributed by atoms with E-state index >= 15 is 0 Å². The zero-order valence-electron chi connectivity index (χ0n) is 12.5. The summed E-state index contributed by atoms with van der Waals surface area (Å²) < 4.78 is 13.1. The summed E-state index contributed by atoms with van der Waals surface area (Å²) in [6.07, 6.45) is 5.17. The number of amides is 1. The van der Waals surface area contributed by atoms with Crippen molar-refractivity contribution >= 4 is 6.41 Å². The lowest BCUT2D eigenvalue weighted by atomic mass is 9.86. The van der Waals surface area contributed by atoms with Gasteiger partial charge in [0, 0.05) is 6.54 Å². The molecule has 0 N–H and O–H groups in total. The Morgan fingerprint density at radius 1 is 1.00 bits per heavy atom.